The molecule has 0 aromatic carbocycles. The van der Waals surface area contributed by atoms with E-state index >= 15 is 0 Å². The Morgan fingerprint density at radius 1 is 1.31 bits per heavy atom. The highest BCUT2D eigenvalue weighted by Gasteiger charge is 2.16. The van der Waals surface area contributed by atoms with Gasteiger partial charge < -0.3 is 0 Å². The smallest absolute Gasteiger partial charge is 0.136 e. The third-order valence-electron chi connectivity index (χ3n) is 3.35. The van der Waals surface area contributed by atoms with Gasteiger partial charge in [-0.05, 0) is 31.6 Å². The van der Waals surface area contributed by atoms with Gasteiger partial charge in [-0.3, -0.25) is 4.79 Å². The Kier molecular flexibility index (Phi) is 4.52. The number of rotatable bonds is 0. The van der Waals surface area contributed by atoms with E-state index in [-0.39, 0.29) is 11.3 Å². The summed E-state index contributed by atoms with van der Waals surface area (Å²) in [6, 6.07) is 0. The van der Waals surface area contributed by atoms with Crippen LogP contribution >= 0.6 is 0 Å². The molecule has 1 aliphatic rings. The largest absolute Gasteiger partial charge is 0.299 e. The molecule has 0 amide bonds. The van der Waals surface area contributed by atoms with Crippen molar-refractivity contribution in [1.82, 2.24) is 0 Å². The molecule has 0 heterocycles. The van der Waals surface area contributed by atoms with E-state index in [2.05, 4.69) is 39.0 Å². The molecule has 90 valence electrons. The third-order valence-corrected chi connectivity index (χ3v) is 3.35. The van der Waals surface area contributed by atoms with Crippen molar-refractivity contribution in [2.45, 2.75) is 53.4 Å². The molecule has 0 N–H and O–H groups in total. The molecule has 1 rings (SSSR count). The van der Waals surface area contributed by atoms with Crippen molar-refractivity contribution < 1.29 is 4.79 Å². The van der Waals surface area contributed by atoms with E-state index in [0.717, 1.165) is 19.3 Å². The zero-order valence-corrected chi connectivity index (χ0v) is 11.0. The standard InChI is InChI=1S/C15H24O/c1-12-7-8-14(16)13(2)6-5-10-15(3,4)11-9-12/h5,9-10,13H,6-8,11H2,1-4H3/b10-5+,12-9+. The van der Waals surface area contributed by atoms with E-state index in [9.17, 15) is 4.79 Å². The van der Waals surface area contributed by atoms with Crippen molar-refractivity contribution in [3.05, 3.63) is 23.8 Å². The van der Waals surface area contributed by atoms with Crippen LogP contribution in [0.1, 0.15) is 53.4 Å². The summed E-state index contributed by atoms with van der Waals surface area (Å²) in [7, 11) is 0. The molecule has 1 unspecified atom stereocenters. The fraction of sp³-hybridized carbons (Fsp3) is 0.667. The number of ketones is 1. The van der Waals surface area contributed by atoms with Gasteiger partial charge in [-0.2, -0.15) is 0 Å². The van der Waals surface area contributed by atoms with Crippen molar-refractivity contribution in [1.29, 1.82) is 0 Å². The molecule has 1 atom stereocenters. The molecule has 0 aliphatic heterocycles. The Balaban J connectivity index is 2.81. The molecular formula is C15H24O. The van der Waals surface area contributed by atoms with Crippen molar-refractivity contribution in [2.24, 2.45) is 11.3 Å². The Hall–Kier alpha value is -0.850. The number of hydrogen-bond donors (Lipinski definition) is 0. The molecule has 0 fully saturated rings. The summed E-state index contributed by atoms with van der Waals surface area (Å²) in [5, 5.41) is 0. The van der Waals surface area contributed by atoms with E-state index in [0.29, 0.717) is 12.2 Å². The van der Waals surface area contributed by atoms with Gasteiger partial charge in [0.05, 0.1) is 0 Å². The van der Waals surface area contributed by atoms with Crippen LogP contribution in [0.3, 0.4) is 0 Å². The third kappa shape index (κ3) is 4.34. The Labute approximate surface area is 99.6 Å². The topological polar surface area (TPSA) is 17.1 Å². The molecule has 0 saturated carbocycles. The highest BCUT2D eigenvalue weighted by molar-refractivity contribution is 5.81. The summed E-state index contributed by atoms with van der Waals surface area (Å²) in [4.78, 5) is 11.8. The molecule has 0 radical (unpaired) electrons. The highest BCUT2D eigenvalue weighted by Crippen LogP contribution is 2.26. The SMILES string of the molecule is C/C1=C\CC(C)(C)/C=C/CC(C)C(=O)CC1. The van der Waals surface area contributed by atoms with Crippen molar-refractivity contribution >= 4 is 5.78 Å². The average molecular weight is 220 g/mol. The maximum absolute atomic E-state index is 11.8. The minimum atomic E-state index is 0.179. The zero-order valence-electron chi connectivity index (χ0n) is 11.0. The van der Waals surface area contributed by atoms with Gasteiger partial charge in [0.2, 0.25) is 0 Å². The first-order valence-corrected chi connectivity index (χ1v) is 6.27. The Morgan fingerprint density at radius 3 is 2.69 bits per heavy atom. The molecule has 0 aromatic rings. The van der Waals surface area contributed by atoms with E-state index in [1.165, 1.54) is 5.57 Å². The predicted octanol–water partition coefficient (Wildman–Crippen LogP) is 4.29. The van der Waals surface area contributed by atoms with Crippen LogP contribution in [0.2, 0.25) is 0 Å². The van der Waals surface area contributed by atoms with Crippen LogP contribution in [0.25, 0.3) is 0 Å². The minimum Gasteiger partial charge on any atom is -0.299 e. The summed E-state index contributed by atoms with van der Waals surface area (Å²) in [6.45, 7) is 8.67. The van der Waals surface area contributed by atoms with Crippen molar-refractivity contribution in [3.63, 3.8) is 0 Å². The monoisotopic (exact) mass is 220 g/mol. The molecule has 16 heavy (non-hydrogen) atoms. The minimum absolute atomic E-state index is 0.179. The normalized spacial score (nSPS) is 32.4. The first-order chi connectivity index (χ1) is 7.41. The van der Waals surface area contributed by atoms with Crippen LogP contribution in [-0.4, -0.2) is 5.78 Å². The van der Waals surface area contributed by atoms with Gasteiger partial charge in [0.25, 0.3) is 0 Å². The molecule has 1 heteroatoms. The zero-order chi connectivity index (χ0) is 12.2. The lowest BCUT2D eigenvalue weighted by Gasteiger charge is -2.18. The van der Waals surface area contributed by atoms with Crippen LogP contribution in [-0.2, 0) is 4.79 Å². The fourth-order valence-corrected chi connectivity index (χ4v) is 1.90. The predicted molar refractivity (Wildman–Crippen MR) is 69.3 cm³/mol. The van der Waals surface area contributed by atoms with Gasteiger partial charge in [-0.1, -0.05) is 44.6 Å². The van der Waals surface area contributed by atoms with Crippen LogP contribution < -0.4 is 0 Å². The van der Waals surface area contributed by atoms with E-state index in [1.807, 2.05) is 6.92 Å². The number of Topliss-reactive ketones (excluding diaryl/α,β-unsaturated/α-hetero) is 1. The van der Waals surface area contributed by atoms with Gasteiger partial charge in [0, 0.05) is 12.3 Å². The van der Waals surface area contributed by atoms with Gasteiger partial charge in [0.15, 0.2) is 0 Å². The second-order valence-corrected chi connectivity index (χ2v) is 5.75. The molecule has 1 nitrogen and oxygen atoms in total. The van der Waals surface area contributed by atoms with Gasteiger partial charge in [0.1, 0.15) is 5.78 Å². The quantitative estimate of drug-likeness (QED) is 0.556. The molecule has 0 spiro atoms. The van der Waals surface area contributed by atoms with E-state index in [4.69, 9.17) is 0 Å². The molecule has 0 bridgehead atoms. The lowest BCUT2D eigenvalue weighted by Crippen LogP contribution is -2.10. The highest BCUT2D eigenvalue weighted by atomic mass is 16.1. The first-order valence-electron chi connectivity index (χ1n) is 6.27. The lowest BCUT2D eigenvalue weighted by atomic mass is 9.87. The second kappa shape index (κ2) is 5.47. The Bertz CT molecular complexity index is 307. The van der Waals surface area contributed by atoms with Crippen molar-refractivity contribution in [2.75, 3.05) is 0 Å². The number of hydrogen-bond acceptors (Lipinski definition) is 1. The summed E-state index contributed by atoms with van der Waals surface area (Å²) in [5.74, 6) is 0.579. The van der Waals surface area contributed by atoms with E-state index < -0.39 is 0 Å². The molecule has 0 aromatic heterocycles. The summed E-state index contributed by atoms with van der Waals surface area (Å²) >= 11 is 0. The average Bonchev–Trinajstić information content (AvgIpc) is 2.23. The molecule has 1 aliphatic carbocycles. The van der Waals surface area contributed by atoms with Crippen LogP contribution in [0.4, 0.5) is 0 Å². The number of carbonyl (C=O) groups is 1. The summed E-state index contributed by atoms with van der Waals surface area (Å²) < 4.78 is 0. The maximum Gasteiger partial charge on any atom is 0.136 e. The van der Waals surface area contributed by atoms with Gasteiger partial charge in [-0.15, -0.1) is 0 Å². The Morgan fingerprint density at radius 2 is 2.00 bits per heavy atom. The van der Waals surface area contributed by atoms with Crippen LogP contribution in [0.5, 0.6) is 0 Å². The summed E-state index contributed by atoms with van der Waals surface area (Å²) in [6.07, 6.45) is 10.3. The van der Waals surface area contributed by atoms with Crippen molar-refractivity contribution in [3.8, 4) is 0 Å². The van der Waals surface area contributed by atoms with Gasteiger partial charge in [-0.25, -0.2) is 0 Å². The van der Waals surface area contributed by atoms with Crippen LogP contribution in [0, 0.1) is 11.3 Å². The second-order valence-electron chi connectivity index (χ2n) is 5.75. The van der Waals surface area contributed by atoms with Gasteiger partial charge >= 0.3 is 0 Å². The fourth-order valence-electron chi connectivity index (χ4n) is 1.90. The molecule has 0 saturated heterocycles. The number of allylic oxidation sites excluding steroid dienone is 4. The number of carbonyl (C=O) groups excluding carboxylic acids is 1. The first kappa shape index (κ1) is 13.2. The van der Waals surface area contributed by atoms with E-state index in [1.54, 1.807) is 0 Å². The lowest BCUT2D eigenvalue weighted by molar-refractivity contribution is -0.122. The summed E-state index contributed by atoms with van der Waals surface area (Å²) in [5.41, 5.74) is 1.57. The molecular weight excluding hydrogens is 196 g/mol. The van der Waals surface area contributed by atoms with Crippen LogP contribution in [0.15, 0.2) is 23.8 Å². The maximum atomic E-state index is 11.8.